The maximum absolute atomic E-state index is 13.1. The standard InChI is InChI=1S/C20H26F3N/c1-13-17(3-2-4-18(13)20(21,22)23)15-7-9-24(10-8-15)19-12-14-5-6-16(19)11-14/h2-4,14-16,19H,5-12H2,1H3/t14-,16-,19?/m0/s1. The second kappa shape index (κ2) is 6.05. The van der Waals surface area contributed by atoms with E-state index in [1.54, 1.807) is 13.0 Å². The number of nitrogens with zero attached hydrogens (tertiary/aromatic N) is 1. The van der Waals surface area contributed by atoms with Crippen LogP contribution in [0.25, 0.3) is 0 Å². The average molecular weight is 337 g/mol. The summed E-state index contributed by atoms with van der Waals surface area (Å²) in [5.41, 5.74) is 0.885. The Bertz CT molecular complexity index is 601. The number of hydrogen-bond acceptors (Lipinski definition) is 1. The van der Waals surface area contributed by atoms with Gasteiger partial charge in [-0.15, -0.1) is 0 Å². The van der Waals surface area contributed by atoms with Crippen LogP contribution in [-0.2, 0) is 6.18 Å². The van der Waals surface area contributed by atoms with E-state index in [4.69, 9.17) is 0 Å². The highest BCUT2D eigenvalue weighted by Crippen LogP contribution is 2.48. The molecule has 4 heteroatoms. The van der Waals surface area contributed by atoms with Crippen molar-refractivity contribution in [2.24, 2.45) is 11.8 Å². The van der Waals surface area contributed by atoms with E-state index < -0.39 is 11.7 Å². The molecule has 3 fully saturated rings. The zero-order valence-electron chi connectivity index (χ0n) is 14.3. The number of hydrogen-bond donors (Lipinski definition) is 0. The summed E-state index contributed by atoms with van der Waals surface area (Å²) in [4.78, 5) is 2.64. The lowest BCUT2D eigenvalue weighted by Gasteiger charge is -2.40. The second-order valence-electron chi connectivity index (χ2n) is 8.07. The molecule has 3 aliphatic rings. The van der Waals surface area contributed by atoms with Gasteiger partial charge in [0.15, 0.2) is 0 Å². The van der Waals surface area contributed by atoms with E-state index in [1.165, 1.54) is 31.7 Å². The Morgan fingerprint density at radius 1 is 1.00 bits per heavy atom. The first-order chi connectivity index (χ1) is 11.4. The number of piperidine rings is 1. The summed E-state index contributed by atoms with van der Waals surface area (Å²) in [5.74, 6) is 2.12. The van der Waals surface area contributed by atoms with Crippen LogP contribution in [0.5, 0.6) is 0 Å². The summed E-state index contributed by atoms with van der Waals surface area (Å²) in [6, 6.07) is 5.45. The van der Waals surface area contributed by atoms with Crippen molar-refractivity contribution in [2.45, 2.75) is 63.6 Å². The van der Waals surface area contributed by atoms with E-state index in [0.717, 1.165) is 49.4 Å². The molecule has 0 amide bonds. The summed E-state index contributed by atoms with van der Waals surface area (Å²) in [7, 11) is 0. The summed E-state index contributed by atoms with van der Waals surface area (Å²) >= 11 is 0. The van der Waals surface area contributed by atoms with Gasteiger partial charge < -0.3 is 4.90 Å². The first kappa shape index (κ1) is 16.4. The van der Waals surface area contributed by atoms with Crippen molar-refractivity contribution in [1.82, 2.24) is 4.90 Å². The van der Waals surface area contributed by atoms with Crippen molar-refractivity contribution in [1.29, 1.82) is 0 Å². The summed E-state index contributed by atoms with van der Waals surface area (Å²) < 4.78 is 39.4. The topological polar surface area (TPSA) is 3.24 Å². The lowest BCUT2D eigenvalue weighted by atomic mass is 9.83. The van der Waals surface area contributed by atoms with Gasteiger partial charge in [-0.25, -0.2) is 0 Å². The molecule has 1 aromatic rings. The molecule has 0 aromatic heterocycles. The Morgan fingerprint density at radius 3 is 2.33 bits per heavy atom. The van der Waals surface area contributed by atoms with Crippen LogP contribution in [0, 0.1) is 18.8 Å². The molecule has 1 unspecified atom stereocenters. The summed E-state index contributed by atoms with van der Waals surface area (Å²) in [6.45, 7) is 3.74. The van der Waals surface area contributed by atoms with Crippen LogP contribution in [0.4, 0.5) is 13.2 Å². The SMILES string of the molecule is Cc1c(C2CCN(C3C[C@H]4CC[C@H]3C4)CC2)cccc1C(F)(F)F. The molecule has 2 aliphatic carbocycles. The smallest absolute Gasteiger partial charge is 0.300 e. The molecule has 0 radical (unpaired) electrons. The molecule has 0 N–H and O–H groups in total. The van der Waals surface area contributed by atoms with Crippen LogP contribution in [0.1, 0.15) is 61.1 Å². The van der Waals surface area contributed by atoms with E-state index in [9.17, 15) is 13.2 Å². The van der Waals surface area contributed by atoms with E-state index >= 15 is 0 Å². The number of alkyl halides is 3. The van der Waals surface area contributed by atoms with Gasteiger partial charge in [0, 0.05) is 6.04 Å². The van der Waals surface area contributed by atoms with Gasteiger partial charge in [-0.2, -0.15) is 13.2 Å². The second-order valence-corrected chi connectivity index (χ2v) is 8.07. The van der Waals surface area contributed by atoms with Crippen LogP contribution >= 0.6 is 0 Å². The van der Waals surface area contributed by atoms with E-state index in [0.29, 0.717) is 5.56 Å². The highest BCUT2D eigenvalue weighted by Gasteiger charge is 2.43. The Balaban J connectivity index is 1.45. The quantitative estimate of drug-likeness (QED) is 0.700. The predicted molar refractivity (Wildman–Crippen MR) is 89.0 cm³/mol. The maximum Gasteiger partial charge on any atom is 0.416 e. The molecule has 132 valence electrons. The first-order valence-corrected chi connectivity index (χ1v) is 9.34. The molecule has 1 saturated heterocycles. The minimum atomic E-state index is -4.25. The van der Waals surface area contributed by atoms with E-state index in [-0.39, 0.29) is 5.92 Å². The van der Waals surface area contributed by atoms with Crippen LogP contribution in [-0.4, -0.2) is 24.0 Å². The fourth-order valence-corrected chi connectivity index (χ4v) is 5.60. The average Bonchev–Trinajstić information content (AvgIpc) is 3.17. The van der Waals surface area contributed by atoms with Gasteiger partial charge in [-0.1, -0.05) is 18.6 Å². The predicted octanol–water partition coefficient (Wildman–Crippen LogP) is 5.38. The van der Waals surface area contributed by atoms with Crippen LogP contribution < -0.4 is 0 Å². The lowest BCUT2D eigenvalue weighted by molar-refractivity contribution is -0.138. The Hall–Kier alpha value is -1.03. The zero-order valence-corrected chi connectivity index (χ0v) is 14.3. The van der Waals surface area contributed by atoms with Gasteiger partial charge in [0.05, 0.1) is 5.56 Å². The molecule has 24 heavy (non-hydrogen) atoms. The minimum Gasteiger partial charge on any atom is -0.300 e. The molecule has 2 saturated carbocycles. The van der Waals surface area contributed by atoms with Crippen molar-refractivity contribution in [3.8, 4) is 0 Å². The lowest BCUT2D eigenvalue weighted by Crippen LogP contribution is -2.43. The molecule has 0 spiro atoms. The van der Waals surface area contributed by atoms with Gasteiger partial charge in [-0.3, -0.25) is 0 Å². The third kappa shape index (κ3) is 2.87. The Morgan fingerprint density at radius 2 is 1.75 bits per heavy atom. The van der Waals surface area contributed by atoms with Crippen molar-refractivity contribution in [3.63, 3.8) is 0 Å². The van der Waals surface area contributed by atoms with Crippen molar-refractivity contribution < 1.29 is 13.2 Å². The summed E-state index contributed by atoms with van der Waals surface area (Å²) in [5, 5.41) is 0. The largest absolute Gasteiger partial charge is 0.416 e. The number of halogens is 3. The summed E-state index contributed by atoms with van der Waals surface area (Å²) in [6.07, 6.45) is 3.33. The van der Waals surface area contributed by atoms with E-state index in [1.807, 2.05) is 6.07 Å². The van der Waals surface area contributed by atoms with Gasteiger partial charge in [0.25, 0.3) is 0 Å². The molecule has 1 heterocycles. The Labute approximate surface area is 142 Å². The third-order valence-corrected chi connectivity index (χ3v) is 6.82. The molecule has 4 rings (SSSR count). The molecule has 1 aliphatic heterocycles. The highest BCUT2D eigenvalue weighted by atomic mass is 19.4. The van der Waals surface area contributed by atoms with Crippen LogP contribution in [0.3, 0.4) is 0 Å². The number of benzene rings is 1. The maximum atomic E-state index is 13.1. The molecule has 2 bridgehead atoms. The van der Waals surface area contributed by atoms with Crippen molar-refractivity contribution >= 4 is 0 Å². The number of likely N-dealkylation sites (tertiary alicyclic amines) is 1. The highest BCUT2D eigenvalue weighted by molar-refractivity contribution is 5.38. The van der Waals surface area contributed by atoms with Crippen LogP contribution in [0.2, 0.25) is 0 Å². The Kier molecular flexibility index (Phi) is 4.14. The zero-order chi connectivity index (χ0) is 16.9. The third-order valence-electron chi connectivity index (χ3n) is 6.82. The molecule has 1 nitrogen and oxygen atoms in total. The fourth-order valence-electron chi connectivity index (χ4n) is 5.60. The number of rotatable bonds is 2. The first-order valence-electron chi connectivity index (χ1n) is 9.34. The van der Waals surface area contributed by atoms with Gasteiger partial charge in [0.1, 0.15) is 0 Å². The van der Waals surface area contributed by atoms with Gasteiger partial charge >= 0.3 is 6.18 Å². The molecule has 1 aromatic carbocycles. The van der Waals surface area contributed by atoms with Crippen molar-refractivity contribution in [2.75, 3.05) is 13.1 Å². The fraction of sp³-hybridized carbons (Fsp3) is 0.700. The van der Waals surface area contributed by atoms with Crippen molar-refractivity contribution in [3.05, 3.63) is 34.9 Å². The monoisotopic (exact) mass is 337 g/mol. The van der Waals surface area contributed by atoms with Crippen LogP contribution in [0.15, 0.2) is 18.2 Å². The van der Waals surface area contributed by atoms with E-state index in [2.05, 4.69) is 4.90 Å². The minimum absolute atomic E-state index is 0.280. The molecular weight excluding hydrogens is 311 g/mol. The molecular formula is C20H26F3N. The molecule has 3 atom stereocenters. The van der Waals surface area contributed by atoms with Gasteiger partial charge in [-0.05, 0) is 87.1 Å². The normalized spacial score (nSPS) is 31.8. The number of fused-ring (bicyclic) bond motifs is 2. The van der Waals surface area contributed by atoms with Gasteiger partial charge in [0.2, 0.25) is 0 Å².